The fourth-order valence-electron chi connectivity index (χ4n) is 4.53. The molecule has 9 nitrogen and oxygen atoms in total. The van der Waals surface area contributed by atoms with E-state index in [1.807, 2.05) is 42.5 Å². The van der Waals surface area contributed by atoms with Crippen molar-refractivity contribution in [2.24, 2.45) is 0 Å². The van der Waals surface area contributed by atoms with Gasteiger partial charge in [0.1, 0.15) is 11.1 Å². The lowest BCUT2D eigenvalue weighted by molar-refractivity contribution is 0.0570. The minimum absolute atomic E-state index is 0.0907. The molecule has 1 atom stereocenters. The number of nitrogens with zero attached hydrogens (tertiary/aromatic N) is 6. The maximum atomic E-state index is 12.5. The minimum Gasteiger partial charge on any atom is -0.472 e. The van der Waals surface area contributed by atoms with Crippen LogP contribution in [0.4, 0.5) is 5.69 Å². The van der Waals surface area contributed by atoms with Crippen molar-refractivity contribution >= 4 is 17.3 Å². The Balaban J connectivity index is 1.49. The van der Waals surface area contributed by atoms with Gasteiger partial charge < -0.3 is 14.7 Å². The molecule has 1 saturated heterocycles. The van der Waals surface area contributed by atoms with Crippen LogP contribution in [-0.2, 0) is 13.1 Å². The minimum atomic E-state index is -0.859. The van der Waals surface area contributed by atoms with Crippen LogP contribution in [0.25, 0.3) is 11.1 Å². The van der Waals surface area contributed by atoms with Gasteiger partial charge in [-0.1, -0.05) is 18.5 Å². The van der Waals surface area contributed by atoms with Crippen molar-refractivity contribution in [1.29, 1.82) is 0 Å². The number of aliphatic hydroxyl groups is 1. The highest BCUT2D eigenvalue weighted by Crippen LogP contribution is 2.31. The fraction of sp³-hybridized carbons (Fsp3) is 0.520. The first-order valence-corrected chi connectivity index (χ1v) is 12.3. The molecular weight excluding hydrogens is 468 g/mol. The van der Waals surface area contributed by atoms with Crippen LogP contribution in [-0.4, -0.2) is 54.4 Å². The third kappa shape index (κ3) is 5.51. The molecule has 188 valence electrons. The standard InChI is InChI=1S/C25H33ClN6O3/c1-6-10-31-24(33)23(26)20(13-28-31)30-11-8-19(14-30)35-21-12-18(7-9-27-21)22-16(2)29-32(17(22)3)15-25(4,5)34/h7,9,12-13,19,34H,6,8,10-11,14-15H2,1-5H3/t19-/m1/s1. The molecule has 35 heavy (non-hydrogen) atoms. The second-order valence-corrected chi connectivity index (χ2v) is 10.1. The van der Waals surface area contributed by atoms with Crippen LogP contribution < -0.4 is 15.2 Å². The predicted molar refractivity (Wildman–Crippen MR) is 136 cm³/mol. The van der Waals surface area contributed by atoms with Crippen molar-refractivity contribution in [2.45, 2.75) is 72.3 Å². The molecule has 1 aliphatic heterocycles. The van der Waals surface area contributed by atoms with Crippen molar-refractivity contribution in [3.05, 3.63) is 51.3 Å². The van der Waals surface area contributed by atoms with E-state index in [1.165, 1.54) is 4.68 Å². The van der Waals surface area contributed by atoms with E-state index >= 15 is 0 Å². The molecule has 3 aromatic heterocycles. The molecule has 0 saturated carbocycles. The quantitative estimate of drug-likeness (QED) is 0.504. The highest BCUT2D eigenvalue weighted by Gasteiger charge is 2.28. The third-order valence-electron chi connectivity index (χ3n) is 6.12. The summed E-state index contributed by atoms with van der Waals surface area (Å²) in [5.74, 6) is 0.533. The summed E-state index contributed by atoms with van der Waals surface area (Å²) < 4.78 is 9.46. The smallest absolute Gasteiger partial charge is 0.287 e. The van der Waals surface area contributed by atoms with Crippen LogP contribution in [0.5, 0.6) is 5.88 Å². The van der Waals surface area contributed by atoms with Gasteiger partial charge in [-0.15, -0.1) is 0 Å². The van der Waals surface area contributed by atoms with Crippen LogP contribution in [0.15, 0.2) is 29.3 Å². The normalized spacial score (nSPS) is 16.2. The largest absolute Gasteiger partial charge is 0.472 e. The molecule has 0 aromatic carbocycles. The highest BCUT2D eigenvalue weighted by atomic mass is 35.5. The summed E-state index contributed by atoms with van der Waals surface area (Å²) in [5.41, 5.74) is 3.36. The van der Waals surface area contributed by atoms with Crippen LogP contribution >= 0.6 is 11.6 Å². The summed E-state index contributed by atoms with van der Waals surface area (Å²) in [6.45, 7) is 11.8. The number of rotatable bonds is 8. The first-order chi connectivity index (χ1) is 16.6. The summed E-state index contributed by atoms with van der Waals surface area (Å²) >= 11 is 6.39. The van der Waals surface area contributed by atoms with Gasteiger partial charge in [0.2, 0.25) is 5.88 Å². The summed E-state index contributed by atoms with van der Waals surface area (Å²) in [4.78, 5) is 18.9. The molecule has 0 spiro atoms. The maximum absolute atomic E-state index is 12.5. The van der Waals surface area contributed by atoms with E-state index < -0.39 is 5.60 Å². The lowest BCUT2D eigenvalue weighted by atomic mass is 10.0. The Bertz CT molecular complexity index is 1260. The SMILES string of the molecule is CCCn1ncc(N2CC[C@@H](Oc3cc(-c4c(C)nn(CC(C)(C)O)c4C)ccn3)C2)c(Cl)c1=O. The number of ether oxygens (including phenoxy) is 1. The molecule has 4 heterocycles. The van der Waals surface area contributed by atoms with Gasteiger partial charge in [0.25, 0.3) is 5.56 Å². The second kappa shape index (κ2) is 9.99. The van der Waals surface area contributed by atoms with E-state index in [0.717, 1.165) is 35.4 Å². The van der Waals surface area contributed by atoms with E-state index in [1.54, 1.807) is 26.2 Å². The molecule has 0 unspecified atom stereocenters. The first-order valence-electron chi connectivity index (χ1n) is 12.0. The van der Waals surface area contributed by atoms with Gasteiger partial charge in [-0.05, 0) is 45.7 Å². The van der Waals surface area contributed by atoms with Gasteiger partial charge in [-0.2, -0.15) is 10.2 Å². The zero-order valence-corrected chi connectivity index (χ0v) is 21.7. The number of anilines is 1. The van der Waals surface area contributed by atoms with Crippen molar-refractivity contribution in [1.82, 2.24) is 24.5 Å². The number of halogens is 1. The van der Waals surface area contributed by atoms with E-state index in [9.17, 15) is 9.90 Å². The number of aromatic nitrogens is 5. The van der Waals surface area contributed by atoms with Gasteiger partial charge in [0, 0.05) is 43.0 Å². The number of pyridine rings is 1. The predicted octanol–water partition coefficient (Wildman–Crippen LogP) is 3.61. The zero-order chi connectivity index (χ0) is 25.3. The molecule has 0 amide bonds. The Morgan fingerprint density at radius 3 is 2.77 bits per heavy atom. The molecule has 1 aliphatic rings. The van der Waals surface area contributed by atoms with Crippen LogP contribution in [0.3, 0.4) is 0 Å². The zero-order valence-electron chi connectivity index (χ0n) is 21.0. The monoisotopic (exact) mass is 500 g/mol. The van der Waals surface area contributed by atoms with Crippen LogP contribution in [0.1, 0.15) is 45.0 Å². The number of aryl methyl sites for hydroxylation is 2. The van der Waals surface area contributed by atoms with E-state index in [0.29, 0.717) is 37.7 Å². The lowest BCUT2D eigenvalue weighted by Crippen LogP contribution is -2.29. The van der Waals surface area contributed by atoms with E-state index in [2.05, 4.69) is 15.2 Å². The Labute approximate surface area is 210 Å². The van der Waals surface area contributed by atoms with Gasteiger partial charge in [0.05, 0.1) is 36.3 Å². The summed E-state index contributed by atoms with van der Waals surface area (Å²) in [6.07, 6.45) is 4.90. The van der Waals surface area contributed by atoms with Gasteiger partial charge in [-0.25, -0.2) is 9.67 Å². The average Bonchev–Trinajstić information content (AvgIpc) is 3.34. The van der Waals surface area contributed by atoms with Crippen molar-refractivity contribution < 1.29 is 9.84 Å². The molecule has 3 aromatic rings. The Kier molecular flexibility index (Phi) is 7.19. The Morgan fingerprint density at radius 1 is 1.29 bits per heavy atom. The lowest BCUT2D eigenvalue weighted by Gasteiger charge is -2.20. The third-order valence-corrected chi connectivity index (χ3v) is 6.47. The summed E-state index contributed by atoms with van der Waals surface area (Å²) in [7, 11) is 0. The van der Waals surface area contributed by atoms with Crippen molar-refractivity contribution in [2.75, 3.05) is 18.0 Å². The van der Waals surface area contributed by atoms with Gasteiger partial charge in [-0.3, -0.25) is 9.48 Å². The Hall–Kier alpha value is -2.91. The molecule has 1 fully saturated rings. The highest BCUT2D eigenvalue weighted by molar-refractivity contribution is 6.33. The molecule has 0 aliphatic carbocycles. The van der Waals surface area contributed by atoms with Gasteiger partial charge in [0.15, 0.2) is 0 Å². The van der Waals surface area contributed by atoms with Crippen LogP contribution in [0, 0.1) is 13.8 Å². The molecule has 0 radical (unpaired) electrons. The topological polar surface area (TPSA) is 98.3 Å². The number of hydrogen-bond donors (Lipinski definition) is 1. The molecule has 0 bridgehead atoms. The molecule has 4 rings (SSSR count). The van der Waals surface area contributed by atoms with Crippen LogP contribution in [0.2, 0.25) is 5.02 Å². The fourth-order valence-corrected chi connectivity index (χ4v) is 4.79. The van der Waals surface area contributed by atoms with E-state index in [-0.39, 0.29) is 16.7 Å². The number of hydrogen-bond acceptors (Lipinski definition) is 7. The summed E-state index contributed by atoms with van der Waals surface area (Å²) in [5, 5.41) is 19.3. The van der Waals surface area contributed by atoms with Gasteiger partial charge >= 0.3 is 0 Å². The average molecular weight is 501 g/mol. The Morgan fingerprint density at radius 2 is 2.06 bits per heavy atom. The van der Waals surface area contributed by atoms with E-state index in [4.69, 9.17) is 16.3 Å². The maximum Gasteiger partial charge on any atom is 0.287 e. The second-order valence-electron chi connectivity index (χ2n) is 9.75. The van der Waals surface area contributed by atoms with Crippen molar-refractivity contribution in [3.8, 4) is 17.0 Å². The molecule has 10 heteroatoms. The summed E-state index contributed by atoms with van der Waals surface area (Å²) in [6, 6.07) is 3.87. The van der Waals surface area contributed by atoms with Crippen molar-refractivity contribution in [3.63, 3.8) is 0 Å². The first kappa shape index (κ1) is 25.2. The molecular formula is C25H33ClN6O3. The molecule has 1 N–H and O–H groups in total.